The fourth-order valence-electron chi connectivity index (χ4n) is 2.29. The number of amides is 2. The molecule has 1 heterocycles. The van der Waals surface area contributed by atoms with Gasteiger partial charge >= 0.3 is 6.09 Å². The molecule has 25 heavy (non-hydrogen) atoms. The fraction of sp³-hybridized carbons (Fsp3) is 0.312. The number of non-ortho nitro benzene ring substituents is 1. The number of aromatic nitrogens is 1. The van der Waals surface area contributed by atoms with Crippen molar-refractivity contribution in [2.75, 3.05) is 26.0 Å². The van der Waals surface area contributed by atoms with Gasteiger partial charge in [-0.25, -0.2) is 9.78 Å². The van der Waals surface area contributed by atoms with Gasteiger partial charge in [-0.2, -0.15) is 0 Å². The number of benzene rings is 1. The Morgan fingerprint density at radius 1 is 1.36 bits per heavy atom. The summed E-state index contributed by atoms with van der Waals surface area (Å²) in [5.41, 5.74) is -0.0734. The fourth-order valence-corrected chi connectivity index (χ4v) is 2.29. The molecule has 132 valence electrons. The van der Waals surface area contributed by atoms with Crippen molar-refractivity contribution < 1.29 is 19.2 Å². The molecule has 0 aliphatic carbocycles. The number of carbonyl (C=O) groups is 2. The van der Waals surface area contributed by atoms with Crippen LogP contribution in [0.4, 0.5) is 16.3 Å². The lowest BCUT2D eigenvalue weighted by atomic mass is 10.1. The summed E-state index contributed by atoms with van der Waals surface area (Å²) >= 11 is 0. The number of rotatable bonds is 6. The topological polar surface area (TPSA) is 115 Å². The molecule has 9 heteroatoms. The van der Waals surface area contributed by atoms with E-state index in [1.807, 2.05) is 0 Å². The molecule has 2 amide bonds. The van der Waals surface area contributed by atoms with Crippen molar-refractivity contribution in [2.24, 2.45) is 0 Å². The van der Waals surface area contributed by atoms with E-state index >= 15 is 0 Å². The van der Waals surface area contributed by atoms with Gasteiger partial charge in [-0.05, 0) is 23.9 Å². The third kappa shape index (κ3) is 4.63. The molecule has 0 fully saturated rings. The van der Waals surface area contributed by atoms with Crippen LogP contribution in [0.15, 0.2) is 30.5 Å². The Morgan fingerprint density at radius 3 is 2.80 bits per heavy atom. The van der Waals surface area contributed by atoms with Crippen LogP contribution in [0, 0.1) is 10.1 Å². The van der Waals surface area contributed by atoms with Crippen molar-refractivity contribution in [3.63, 3.8) is 0 Å². The number of methoxy groups -OCH3 is 1. The minimum absolute atomic E-state index is 0.0734. The van der Waals surface area contributed by atoms with Crippen LogP contribution < -0.4 is 5.32 Å². The molecule has 2 rings (SSSR count). The Balaban J connectivity index is 2.04. The van der Waals surface area contributed by atoms with Crippen LogP contribution in [0.5, 0.6) is 0 Å². The molecule has 1 N–H and O–H groups in total. The zero-order chi connectivity index (χ0) is 18.4. The largest absolute Gasteiger partial charge is 0.453 e. The molecule has 9 nitrogen and oxygen atoms in total. The maximum atomic E-state index is 12.1. The number of nitrogens with one attached hydrogen (secondary N) is 1. The predicted molar refractivity (Wildman–Crippen MR) is 91.3 cm³/mol. The van der Waals surface area contributed by atoms with E-state index in [1.54, 1.807) is 19.2 Å². The minimum Gasteiger partial charge on any atom is -0.453 e. The van der Waals surface area contributed by atoms with E-state index < -0.39 is 11.0 Å². The van der Waals surface area contributed by atoms with E-state index in [4.69, 9.17) is 0 Å². The monoisotopic (exact) mass is 346 g/mol. The first kappa shape index (κ1) is 18.1. The Labute approximate surface area is 143 Å². The summed E-state index contributed by atoms with van der Waals surface area (Å²) in [4.78, 5) is 39.2. The van der Waals surface area contributed by atoms with Gasteiger partial charge in [0.2, 0.25) is 5.91 Å². The van der Waals surface area contributed by atoms with Crippen molar-refractivity contribution in [1.82, 2.24) is 9.88 Å². The van der Waals surface area contributed by atoms with E-state index in [0.29, 0.717) is 18.4 Å². The third-order valence-corrected chi connectivity index (χ3v) is 3.60. The summed E-state index contributed by atoms with van der Waals surface area (Å²) in [6.45, 7) is 0.370. The lowest BCUT2D eigenvalue weighted by Gasteiger charge is -2.14. The van der Waals surface area contributed by atoms with Gasteiger partial charge in [-0.15, -0.1) is 0 Å². The standard InChI is InChI=1S/C16H18N4O5/c1-19(16(22)25-2)9-3-4-14(21)18-15-13-10-12(20(23)24)6-5-11(13)7-8-17-15/h5-8,10H,3-4,9H2,1-2H3,(H,17,18,21). The normalized spacial score (nSPS) is 10.3. The minimum atomic E-state index is -0.499. The SMILES string of the molecule is COC(=O)N(C)CCCC(=O)Nc1nccc2ccc([N+](=O)[O-])cc12. The first-order valence-corrected chi connectivity index (χ1v) is 7.54. The number of hydrogen-bond donors (Lipinski definition) is 1. The van der Waals surface area contributed by atoms with Crippen molar-refractivity contribution in [1.29, 1.82) is 0 Å². The highest BCUT2D eigenvalue weighted by Crippen LogP contribution is 2.25. The van der Waals surface area contributed by atoms with Crippen LogP contribution in [0.1, 0.15) is 12.8 Å². The van der Waals surface area contributed by atoms with Crippen molar-refractivity contribution in [3.05, 3.63) is 40.6 Å². The molecule has 0 spiro atoms. The third-order valence-electron chi connectivity index (χ3n) is 3.60. The van der Waals surface area contributed by atoms with Crippen molar-refractivity contribution >= 4 is 34.3 Å². The zero-order valence-electron chi connectivity index (χ0n) is 13.9. The summed E-state index contributed by atoms with van der Waals surface area (Å²) in [5.74, 6) is -0.0164. The van der Waals surface area contributed by atoms with Gasteiger partial charge in [-0.3, -0.25) is 14.9 Å². The summed E-state index contributed by atoms with van der Waals surface area (Å²) in [6.07, 6.45) is 1.68. The summed E-state index contributed by atoms with van der Waals surface area (Å²) in [7, 11) is 2.87. The average molecular weight is 346 g/mol. The number of anilines is 1. The smallest absolute Gasteiger partial charge is 0.409 e. The molecular formula is C16H18N4O5. The molecule has 1 aromatic heterocycles. The van der Waals surface area contributed by atoms with Gasteiger partial charge in [0.15, 0.2) is 0 Å². The van der Waals surface area contributed by atoms with E-state index in [2.05, 4.69) is 15.0 Å². The second-order valence-electron chi connectivity index (χ2n) is 5.37. The number of carbonyl (C=O) groups excluding carboxylic acids is 2. The molecule has 0 radical (unpaired) electrons. The lowest BCUT2D eigenvalue weighted by Crippen LogP contribution is -2.28. The number of fused-ring (bicyclic) bond motifs is 1. The van der Waals surface area contributed by atoms with E-state index in [9.17, 15) is 19.7 Å². The molecule has 0 aliphatic rings. The summed E-state index contributed by atoms with van der Waals surface area (Å²) < 4.78 is 4.57. The van der Waals surface area contributed by atoms with Crippen molar-refractivity contribution in [3.8, 4) is 0 Å². The first-order chi connectivity index (χ1) is 11.9. The number of ether oxygens (including phenoxy) is 1. The van der Waals surface area contributed by atoms with Crippen LogP contribution in [0.3, 0.4) is 0 Å². The van der Waals surface area contributed by atoms with E-state index in [1.165, 1.54) is 30.3 Å². The Kier molecular flexibility index (Phi) is 5.83. The van der Waals surface area contributed by atoms with Crippen LogP contribution >= 0.6 is 0 Å². The van der Waals surface area contributed by atoms with Gasteiger partial charge < -0.3 is 15.0 Å². The zero-order valence-corrected chi connectivity index (χ0v) is 13.9. The second-order valence-corrected chi connectivity index (χ2v) is 5.37. The molecule has 0 bridgehead atoms. The Bertz CT molecular complexity index is 808. The van der Waals surface area contributed by atoms with Gasteiger partial charge in [0, 0.05) is 43.7 Å². The maximum Gasteiger partial charge on any atom is 0.409 e. The molecule has 0 unspecified atom stereocenters. The summed E-state index contributed by atoms with van der Waals surface area (Å²) in [6, 6.07) is 6.09. The molecule has 2 aromatic rings. The maximum absolute atomic E-state index is 12.1. The molecule has 0 aliphatic heterocycles. The second kappa shape index (κ2) is 8.04. The van der Waals surface area contributed by atoms with Gasteiger partial charge in [0.05, 0.1) is 12.0 Å². The first-order valence-electron chi connectivity index (χ1n) is 7.54. The van der Waals surface area contributed by atoms with Crippen LogP contribution in [0.2, 0.25) is 0 Å². The predicted octanol–water partition coefficient (Wildman–Crippen LogP) is 2.56. The number of nitrogens with zero attached hydrogens (tertiary/aromatic N) is 3. The van der Waals surface area contributed by atoms with Gasteiger partial charge in [-0.1, -0.05) is 0 Å². The molecule has 1 aromatic carbocycles. The van der Waals surface area contributed by atoms with Gasteiger partial charge in [0.25, 0.3) is 5.69 Å². The number of hydrogen-bond acceptors (Lipinski definition) is 6. The van der Waals surface area contributed by atoms with E-state index in [0.717, 1.165) is 5.39 Å². The highest BCUT2D eigenvalue weighted by molar-refractivity contribution is 6.01. The lowest BCUT2D eigenvalue weighted by molar-refractivity contribution is -0.384. The van der Waals surface area contributed by atoms with Crippen LogP contribution in [-0.2, 0) is 9.53 Å². The van der Waals surface area contributed by atoms with Crippen LogP contribution in [0.25, 0.3) is 10.8 Å². The number of nitro benzene ring substituents is 1. The molecule has 0 saturated heterocycles. The summed E-state index contributed by atoms with van der Waals surface area (Å²) in [5, 5.41) is 14.8. The quantitative estimate of drug-likeness (QED) is 0.635. The Hall–Kier alpha value is -3.23. The molecule has 0 atom stereocenters. The highest BCUT2D eigenvalue weighted by Gasteiger charge is 2.13. The van der Waals surface area contributed by atoms with E-state index in [-0.39, 0.29) is 23.8 Å². The van der Waals surface area contributed by atoms with Gasteiger partial charge in [0.1, 0.15) is 5.82 Å². The highest BCUT2D eigenvalue weighted by atomic mass is 16.6. The Morgan fingerprint density at radius 2 is 2.12 bits per heavy atom. The van der Waals surface area contributed by atoms with Crippen LogP contribution in [-0.4, -0.2) is 47.5 Å². The molecule has 0 saturated carbocycles. The molecular weight excluding hydrogens is 328 g/mol. The average Bonchev–Trinajstić information content (AvgIpc) is 2.60. The van der Waals surface area contributed by atoms with Crippen molar-refractivity contribution in [2.45, 2.75) is 12.8 Å². The number of nitro groups is 1. The number of pyridine rings is 1.